The van der Waals surface area contributed by atoms with Crippen molar-refractivity contribution < 1.29 is 24.2 Å². The second-order valence-corrected chi connectivity index (χ2v) is 11.9. The van der Waals surface area contributed by atoms with Crippen LogP contribution in [0.1, 0.15) is 63.8 Å². The molecule has 0 spiro atoms. The number of rotatable bonds is 10. The third-order valence-electron chi connectivity index (χ3n) is 9.08. The number of piperidine rings is 1. The minimum atomic E-state index is -1.47. The zero-order valence-corrected chi connectivity index (χ0v) is 25.2. The number of imidazole rings is 1. The number of likely N-dealkylation sites (tertiary alicyclic amines) is 1. The molecule has 0 radical (unpaired) electrons. The number of carbonyl (C=O) groups excluding carboxylic acids is 1. The topological polar surface area (TPSA) is 194 Å². The Morgan fingerprint density at radius 2 is 1.64 bits per heavy atom. The van der Waals surface area contributed by atoms with Crippen molar-refractivity contribution in [2.45, 2.75) is 70.7 Å². The Morgan fingerprint density at radius 1 is 1.00 bits per heavy atom. The molecule has 5 rings (SSSR count). The van der Waals surface area contributed by atoms with E-state index in [9.17, 15) is 14.7 Å². The minimum absolute atomic E-state index is 0.0163. The highest BCUT2D eigenvalue weighted by atomic mass is 16.5. The van der Waals surface area contributed by atoms with E-state index < -0.39 is 17.6 Å². The molecule has 1 saturated heterocycles. The van der Waals surface area contributed by atoms with Gasteiger partial charge < -0.3 is 30.9 Å². The number of ether oxygens (including phenoxy) is 2. The van der Waals surface area contributed by atoms with E-state index in [0.29, 0.717) is 59.7 Å². The summed E-state index contributed by atoms with van der Waals surface area (Å²) < 4.78 is 14.1. The van der Waals surface area contributed by atoms with Crippen molar-refractivity contribution in [3.8, 4) is 11.5 Å². The molecule has 0 amide bonds. The van der Waals surface area contributed by atoms with E-state index >= 15 is 0 Å². The lowest BCUT2D eigenvalue weighted by atomic mass is 9.74. The summed E-state index contributed by atoms with van der Waals surface area (Å²) in [6.07, 6.45) is 3.65. The molecule has 1 atom stereocenters. The number of aliphatic carboxylic acids is 1. The number of carboxylic acids is 1. The fourth-order valence-corrected chi connectivity index (χ4v) is 6.48. The molecule has 1 unspecified atom stereocenters. The zero-order valence-electron chi connectivity index (χ0n) is 25.2. The third kappa shape index (κ3) is 6.26. The van der Waals surface area contributed by atoms with Crippen molar-refractivity contribution in [2.24, 2.45) is 23.3 Å². The second-order valence-electron chi connectivity index (χ2n) is 11.9. The molecule has 1 aromatic heterocycles. The van der Waals surface area contributed by atoms with Crippen molar-refractivity contribution in [1.29, 1.82) is 10.8 Å². The van der Waals surface area contributed by atoms with Gasteiger partial charge in [-0.2, -0.15) is 0 Å². The van der Waals surface area contributed by atoms with Gasteiger partial charge in [0.05, 0.1) is 22.8 Å². The summed E-state index contributed by atoms with van der Waals surface area (Å²) in [5.74, 6) is 0.408. The maximum atomic E-state index is 13.4. The van der Waals surface area contributed by atoms with Crippen LogP contribution in [0.3, 0.4) is 0 Å². The predicted molar refractivity (Wildman–Crippen MR) is 166 cm³/mol. The number of amidine groups is 2. The van der Waals surface area contributed by atoms with E-state index in [4.69, 9.17) is 36.7 Å². The molecule has 234 valence electrons. The molecule has 2 aromatic carbocycles. The van der Waals surface area contributed by atoms with Crippen molar-refractivity contribution in [3.63, 3.8) is 0 Å². The number of nitrogens with two attached hydrogens (primary N) is 2. The molecule has 0 bridgehead atoms. The number of nitrogens with one attached hydrogen (secondary N) is 2. The first-order chi connectivity index (χ1) is 21.0. The Kier molecular flexibility index (Phi) is 8.91. The van der Waals surface area contributed by atoms with Gasteiger partial charge in [-0.1, -0.05) is 0 Å². The van der Waals surface area contributed by atoms with Crippen LogP contribution < -0.4 is 20.9 Å². The van der Waals surface area contributed by atoms with Gasteiger partial charge in [0.25, 0.3) is 0 Å². The van der Waals surface area contributed by atoms with Gasteiger partial charge in [0.1, 0.15) is 35.9 Å². The lowest BCUT2D eigenvalue weighted by molar-refractivity contribution is -0.143. The first-order valence-corrected chi connectivity index (χ1v) is 15.1. The maximum Gasteiger partial charge on any atom is 0.306 e. The quantitative estimate of drug-likeness (QED) is 0.169. The van der Waals surface area contributed by atoms with Gasteiger partial charge in [-0.3, -0.25) is 25.0 Å². The van der Waals surface area contributed by atoms with Crippen molar-refractivity contribution in [1.82, 2.24) is 14.5 Å². The molecule has 3 aromatic rings. The highest BCUT2D eigenvalue weighted by molar-refractivity contribution is 5.98. The third-order valence-corrected chi connectivity index (χ3v) is 9.08. The fraction of sp³-hybridized carbons (Fsp3) is 0.469. The number of aromatic nitrogens is 2. The molecule has 2 fully saturated rings. The molecule has 7 N–H and O–H groups in total. The van der Waals surface area contributed by atoms with Crippen LogP contribution in [0.5, 0.6) is 11.5 Å². The molecule has 1 aliphatic heterocycles. The largest absolute Gasteiger partial charge is 0.490 e. The average molecular weight is 604 g/mol. The summed E-state index contributed by atoms with van der Waals surface area (Å²) in [5.41, 5.74) is 12.9. The van der Waals surface area contributed by atoms with Crippen molar-refractivity contribution in [2.75, 3.05) is 13.1 Å². The van der Waals surface area contributed by atoms with E-state index in [1.165, 1.54) is 6.92 Å². The molecule has 2 heterocycles. The Bertz CT molecular complexity index is 1550. The molecular weight excluding hydrogens is 562 g/mol. The maximum absolute atomic E-state index is 13.4. The SMILES string of the molecule is CC(=N)N1CCC(Oc2ccc(OCc3nc4cc(C(=N)N)ccc4n3C(N)(C(C)=O)[C@H]3CC[C@H](C(=O)O)CC3)cc2)CC1. The number of Topliss-reactive ketones (excluding diaryl/α,β-unsaturated/α-hetero) is 1. The smallest absolute Gasteiger partial charge is 0.306 e. The molecule has 1 aliphatic carbocycles. The molecule has 1 saturated carbocycles. The highest BCUT2D eigenvalue weighted by Gasteiger charge is 2.46. The summed E-state index contributed by atoms with van der Waals surface area (Å²) in [4.78, 5) is 31.8. The van der Waals surface area contributed by atoms with Gasteiger partial charge in [0.2, 0.25) is 0 Å². The number of hydrogen-bond donors (Lipinski definition) is 5. The first-order valence-electron chi connectivity index (χ1n) is 15.1. The Hall–Kier alpha value is -4.45. The number of fused-ring (bicyclic) bond motifs is 1. The minimum Gasteiger partial charge on any atom is -0.490 e. The summed E-state index contributed by atoms with van der Waals surface area (Å²) in [7, 11) is 0. The Labute approximate surface area is 256 Å². The lowest BCUT2D eigenvalue weighted by Crippen LogP contribution is -2.56. The van der Waals surface area contributed by atoms with E-state index in [1.807, 2.05) is 29.2 Å². The fourth-order valence-electron chi connectivity index (χ4n) is 6.48. The van der Waals surface area contributed by atoms with E-state index in [-0.39, 0.29) is 30.2 Å². The van der Waals surface area contributed by atoms with Gasteiger partial charge in [0, 0.05) is 37.4 Å². The number of nitrogens with zero attached hydrogens (tertiary/aromatic N) is 3. The molecule has 44 heavy (non-hydrogen) atoms. The number of carboxylic acid groups (broad SMARTS) is 1. The summed E-state index contributed by atoms with van der Waals surface area (Å²) in [5, 5.41) is 25.2. The van der Waals surface area contributed by atoms with E-state index in [0.717, 1.165) is 31.7 Å². The summed E-state index contributed by atoms with van der Waals surface area (Å²) in [6, 6.07) is 12.5. The van der Waals surface area contributed by atoms with Crippen molar-refractivity contribution in [3.05, 3.63) is 53.9 Å². The highest BCUT2D eigenvalue weighted by Crippen LogP contribution is 2.40. The molecule has 12 heteroatoms. The van der Waals surface area contributed by atoms with Gasteiger partial charge >= 0.3 is 5.97 Å². The number of hydrogen-bond acceptors (Lipinski definition) is 8. The van der Waals surface area contributed by atoms with E-state index in [2.05, 4.69) is 0 Å². The number of benzene rings is 2. The van der Waals surface area contributed by atoms with Crippen LogP contribution in [0.4, 0.5) is 0 Å². The lowest BCUT2D eigenvalue weighted by Gasteiger charge is -2.41. The van der Waals surface area contributed by atoms with Crippen LogP contribution in [0.25, 0.3) is 11.0 Å². The second kappa shape index (κ2) is 12.7. The standard InChI is InChI=1S/C32H41N7O5/c1-19(40)32(36,23-6-3-21(4-7-23)31(41)42)39-28-12-5-22(30(34)35)17-27(28)37-29(39)18-43-24-8-10-25(11-9-24)44-26-13-15-38(16-14-26)20(2)33/h5,8-12,17,21,23,26,33H,3-4,6-7,13-16,18,36H2,1-2H3,(H3,34,35)(H,41,42)/t21-,23-,32?. The van der Waals surface area contributed by atoms with Gasteiger partial charge in [-0.25, -0.2) is 4.98 Å². The Morgan fingerprint density at radius 3 is 2.20 bits per heavy atom. The van der Waals surface area contributed by atoms with Crippen LogP contribution in [0, 0.1) is 22.7 Å². The normalized spacial score (nSPS) is 20.6. The van der Waals surface area contributed by atoms with Crippen LogP contribution in [0.15, 0.2) is 42.5 Å². The van der Waals surface area contributed by atoms with E-state index in [1.54, 1.807) is 29.7 Å². The van der Waals surface area contributed by atoms with Crippen molar-refractivity contribution >= 4 is 34.5 Å². The average Bonchev–Trinajstić information content (AvgIpc) is 3.38. The number of nitrogen functional groups attached to an aromatic ring is 1. The Balaban J connectivity index is 1.38. The number of ketones is 1. The molecule has 12 nitrogen and oxygen atoms in total. The predicted octanol–water partition coefficient (Wildman–Crippen LogP) is 3.83. The summed E-state index contributed by atoms with van der Waals surface area (Å²) in [6.45, 7) is 4.89. The van der Waals surface area contributed by atoms with Crippen LogP contribution >= 0.6 is 0 Å². The van der Waals surface area contributed by atoms with Crippen LogP contribution in [-0.2, 0) is 21.9 Å². The summed E-state index contributed by atoms with van der Waals surface area (Å²) >= 11 is 0. The monoisotopic (exact) mass is 603 g/mol. The number of carbonyl (C=O) groups is 2. The molecular formula is C32H41N7O5. The zero-order chi connectivity index (χ0) is 31.6. The van der Waals surface area contributed by atoms with Gasteiger partial charge in [-0.15, -0.1) is 0 Å². The van der Waals surface area contributed by atoms with Crippen LogP contribution in [0.2, 0.25) is 0 Å². The molecule has 2 aliphatic rings. The first kappa shape index (κ1) is 31.0. The van der Waals surface area contributed by atoms with Gasteiger partial charge in [0.15, 0.2) is 11.4 Å². The van der Waals surface area contributed by atoms with Gasteiger partial charge in [-0.05, 0) is 82.0 Å². The van der Waals surface area contributed by atoms with Crippen LogP contribution in [-0.4, -0.2) is 62.2 Å².